The van der Waals surface area contributed by atoms with Crippen LogP contribution < -0.4 is 0 Å². The number of rotatable bonds is 3. The Balaban J connectivity index is 3.17. The maximum atomic E-state index is 10.7. The lowest BCUT2D eigenvalue weighted by atomic mass is 10.1. The van der Waals surface area contributed by atoms with Crippen LogP contribution in [0.25, 0.3) is 0 Å². The molecule has 0 aromatic heterocycles. The van der Waals surface area contributed by atoms with Crippen LogP contribution >= 0.6 is 0 Å². The van der Waals surface area contributed by atoms with Gasteiger partial charge in [-0.1, -0.05) is 12.1 Å². The van der Waals surface area contributed by atoms with E-state index in [1.54, 1.807) is 25.1 Å². The lowest BCUT2D eigenvalue weighted by Gasteiger charge is -2.03. The molecule has 0 heterocycles. The molecule has 0 saturated carbocycles. The van der Waals surface area contributed by atoms with Crippen LogP contribution in [0.2, 0.25) is 0 Å². The summed E-state index contributed by atoms with van der Waals surface area (Å²) in [5.74, 6) is 0. The molecule has 1 aromatic rings. The van der Waals surface area contributed by atoms with Crippen molar-refractivity contribution >= 4 is 16.2 Å². The summed E-state index contributed by atoms with van der Waals surface area (Å²) in [6.07, 6.45) is 0. The first-order valence-corrected chi connectivity index (χ1v) is 4.70. The van der Waals surface area contributed by atoms with Gasteiger partial charge in [-0.2, -0.15) is 0 Å². The molecule has 70 valence electrons. The molecule has 0 saturated heterocycles. The average molecular weight is 197 g/mol. The highest BCUT2D eigenvalue weighted by Gasteiger charge is 2.15. The van der Waals surface area contributed by atoms with E-state index in [0.29, 0.717) is 28.2 Å². The zero-order valence-electron chi connectivity index (χ0n) is 7.61. The van der Waals surface area contributed by atoms with Gasteiger partial charge in [0, 0.05) is 5.56 Å². The average Bonchev–Trinajstić information content (AvgIpc) is 2.04. The maximum absolute atomic E-state index is 10.7. The fourth-order valence-corrected chi connectivity index (χ4v) is 1.56. The summed E-state index contributed by atoms with van der Waals surface area (Å²) in [5.41, 5.74) is 1.51. The lowest BCUT2D eigenvalue weighted by molar-refractivity contribution is -0.386. The largest absolute Gasteiger partial charge is 0.423 e. The van der Waals surface area contributed by atoms with Crippen LogP contribution in [0.5, 0.6) is 0 Å². The zero-order valence-corrected chi connectivity index (χ0v) is 9.61. The first-order valence-electron chi connectivity index (χ1n) is 3.88. The molecule has 0 spiro atoms. The highest BCUT2D eigenvalue weighted by Crippen LogP contribution is 2.23. The van der Waals surface area contributed by atoms with Crippen molar-refractivity contribution in [2.75, 3.05) is 0 Å². The molecular formula is C8H11NO3Si. The Morgan fingerprint density at radius 1 is 1.62 bits per heavy atom. The SMILES string of the molecule is Cc1cccc(CO[SiH3])c1[N+](=O)[O-]. The van der Waals surface area contributed by atoms with Crippen LogP contribution in [-0.2, 0) is 11.0 Å². The second-order valence-corrected chi connectivity index (χ2v) is 3.35. The van der Waals surface area contributed by atoms with Gasteiger partial charge in [0.05, 0.1) is 17.1 Å². The highest BCUT2D eigenvalue weighted by molar-refractivity contribution is 5.97. The molecule has 0 aliphatic heterocycles. The summed E-state index contributed by atoms with van der Waals surface area (Å²) < 4.78 is 5.01. The smallest absolute Gasteiger partial charge is 0.277 e. The van der Waals surface area contributed by atoms with Crippen molar-refractivity contribution in [2.45, 2.75) is 13.5 Å². The first kappa shape index (κ1) is 9.88. The Bertz CT molecular complexity index is 327. The van der Waals surface area contributed by atoms with E-state index in [1.807, 2.05) is 0 Å². The Morgan fingerprint density at radius 2 is 2.31 bits per heavy atom. The monoisotopic (exact) mass is 197 g/mol. The molecule has 0 bridgehead atoms. The van der Waals surface area contributed by atoms with Gasteiger partial charge in [-0.3, -0.25) is 10.1 Å². The molecule has 0 atom stereocenters. The minimum absolute atomic E-state index is 0.179. The van der Waals surface area contributed by atoms with E-state index in [-0.39, 0.29) is 10.6 Å². The molecule has 4 nitrogen and oxygen atoms in total. The van der Waals surface area contributed by atoms with E-state index in [0.717, 1.165) is 0 Å². The van der Waals surface area contributed by atoms with E-state index in [2.05, 4.69) is 0 Å². The van der Waals surface area contributed by atoms with E-state index < -0.39 is 0 Å². The molecule has 5 heteroatoms. The molecule has 0 aliphatic carbocycles. The minimum Gasteiger partial charge on any atom is -0.423 e. The number of aryl methyl sites for hydroxylation is 1. The van der Waals surface area contributed by atoms with Gasteiger partial charge in [0.15, 0.2) is 0 Å². The van der Waals surface area contributed by atoms with Crippen molar-refractivity contribution < 1.29 is 9.35 Å². The molecular weight excluding hydrogens is 186 g/mol. The van der Waals surface area contributed by atoms with Gasteiger partial charge in [-0.25, -0.2) is 0 Å². The standard InChI is InChI=1S/C8H11NO3Si/c1-6-3-2-4-7(5-12-13)8(6)9(10)11/h2-4H,5H2,1,13H3. The molecule has 13 heavy (non-hydrogen) atoms. The van der Waals surface area contributed by atoms with Crippen molar-refractivity contribution in [3.8, 4) is 0 Å². The third-order valence-electron chi connectivity index (χ3n) is 1.80. The van der Waals surface area contributed by atoms with Gasteiger partial charge < -0.3 is 4.43 Å². The van der Waals surface area contributed by atoms with Gasteiger partial charge >= 0.3 is 0 Å². The molecule has 0 amide bonds. The summed E-state index contributed by atoms with van der Waals surface area (Å²) >= 11 is 0. The van der Waals surface area contributed by atoms with Crippen LogP contribution in [-0.4, -0.2) is 15.4 Å². The van der Waals surface area contributed by atoms with Crippen molar-refractivity contribution in [1.29, 1.82) is 0 Å². The normalized spacial score (nSPS) is 10.2. The fraction of sp³-hybridized carbons (Fsp3) is 0.250. The molecule has 0 N–H and O–H groups in total. The number of nitro groups is 1. The van der Waals surface area contributed by atoms with Crippen molar-refractivity contribution in [1.82, 2.24) is 0 Å². The molecule has 0 unspecified atom stereocenters. The zero-order chi connectivity index (χ0) is 9.84. The van der Waals surface area contributed by atoms with Crippen LogP contribution in [0.3, 0.4) is 0 Å². The van der Waals surface area contributed by atoms with Gasteiger partial charge in [-0.15, -0.1) is 0 Å². The minimum atomic E-state index is -0.356. The Morgan fingerprint density at radius 3 is 2.85 bits per heavy atom. The van der Waals surface area contributed by atoms with Crippen molar-refractivity contribution in [3.63, 3.8) is 0 Å². The summed E-state index contributed by atoms with van der Waals surface area (Å²) in [6.45, 7) is 2.07. The van der Waals surface area contributed by atoms with Gasteiger partial charge in [-0.05, 0) is 13.0 Å². The third kappa shape index (κ3) is 2.13. The molecule has 1 rings (SSSR count). The van der Waals surface area contributed by atoms with Crippen molar-refractivity contribution in [3.05, 3.63) is 39.4 Å². The number of hydrogen-bond acceptors (Lipinski definition) is 3. The Labute approximate surface area is 79.2 Å². The maximum Gasteiger partial charge on any atom is 0.277 e. The van der Waals surface area contributed by atoms with E-state index in [4.69, 9.17) is 4.43 Å². The molecule has 0 radical (unpaired) electrons. The van der Waals surface area contributed by atoms with Crippen LogP contribution in [0, 0.1) is 17.0 Å². The number of nitro benzene ring substituents is 1. The predicted octanol–water partition coefficient (Wildman–Crippen LogP) is 0.700. The lowest BCUT2D eigenvalue weighted by Crippen LogP contribution is -1.99. The Kier molecular flexibility index (Phi) is 3.16. The summed E-state index contributed by atoms with van der Waals surface area (Å²) in [6, 6.07) is 5.26. The van der Waals surface area contributed by atoms with Gasteiger partial charge in [0.2, 0.25) is 0 Å². The third-order valence-corrected chi connectivity index (χ3v) is 2.09. The van der Waals surface area contributed by atoms with Crippen LogP contribution in [0.4, 0.5) is 5.69 Å². The summed E-state index contributed by atoms with van der Waals surface area (Å²) in [7, 11) is 0.593. The quantitative estimate of drug-likeness (QED) is 0.407. The number of nitrogens with zero attached hydrogens (tertiary/aromatic N) is 1. The topological polar surface area (TPSA) is 52.4 Å². The first-order chi connectivity index (χ1) is 6.16. The number of para-hydroxylation sites is 1. The highest BCUT2D eigenvalue weighted by atomic mass is 28.2. The second-order valence-electron chi connectivity index (χ2n) is 2.77. The van der Waals surface area contributed by atoms with E-state index in [1.165, 1.54) is 0 Å². The van der Waals surface area contributed by atoms with Gasteiger partial charge in [0.1, 0.15) is 10.5 Å². The number of benzene rings is 1. The molecule has 0 aliphatic rings. The second kappa shape index (κ2) is 4.15. The van der Waals surface area contributed by atoms with Crippen LogP contribution in [0.15, 0.2) is 18.2 Å². The van der Waals surface area contributed by atoms with Gasteiger partial charge in [0.25, 0.3) is 5.69 Å². The Hall–Kier alpha value is -1.20. The fourth-order valence-electron chi connectivity index (χ4n) is 1.25. The summed E-state index contributed by atoms with van der Waals surface area (Å²) in [5, 5.41) is 10.7. The summed E-state index contributed by atoms with van der Waals surface area (Å²) in [4.78, 5) is 10.3. The predicted molar refractivity (Wildman–Crippen MR) is 52.6 cm³/mol. The van der Waals surface area contributed by atoms with E-state index in [9.17, 15) is 10.1 Å². The van der Waals surface area contributed by atoms with E-state index >= 15 is 0 Å². The van der Waals surface area contributed by atoms with Crippen LogP contribution in [0.1, 0.15) is 11.1 Å². The number of hydrogen-bond donors (Lipinski definition) is 0. The molecule has 1 aromatic carbocycles. The molecule has 0 fully saturated rings. The van der Waals surface area contributed by atoms with Crippen molar-refractivity contribution in [2.24, 2.45) is 0 Å².